The number of anilines is 1. The fourth-order valence-corrected chi connectivity index (χ4v) is 4.04. The van der Waals surface area contributed by atoms with Crippen LogP contribution in [0.2, 0.25) is 0 Å². The number of benzene rings is 2. The molecule has 1 aromatic heterocycles. The number of rotatable bonds is 9. The van der Waals surface area contributed by atoms with Crippen LogP contribution >= 0.6 is 0 Å². The molecule has 2 heterocycles. The zero-order valence-electron chi connectivity index (χ0n) is 19.7. The number of ether oxygens (including phenoxy) is 2. The Kier molecular flexibility index (Phi) is 7.64. The van der Waals surface area contributed by atoms with E-state index in [0.717, 1.165) is 30.8 Å². The Morgan fingerprint density at radius 3 is 2.49 bits per heavy atom. The SMILES string of the molecule is COc1ccccc1C(=O)NCc1ccc(-c2nn(CCN3CCOCC3)c(N)c2C(N)=O)cc1. The molecule has 10 heteroatoms. The molecule has 0 spiro atoms. The zero-order valence-corrected chi connectivity index (χ0v) is 19.7. The van der Waals surface area contributed by atoms with Crippen molar-refractivity contribution in [2.75, 3.05) is 45.7 Å². The lowest BCUT2D eigenvalue weighted by Crippen LogP contribution is -2.38. The summed E-state index contributed by atoms with van der Waals surface area (Å²) in [4.78, 5) is 27.0. The minimum atomic E-state index is -0.622. The van der Waals surface area contributed by atoms with Gasteiger partial charge in [-0.1, -0.05) is 36.4 Å². The van der Waals surface area contributed by atoms with Gasteiger partial charge in [-0.05, 0) is 17.7 Å². The van der Waals surface area contributed by atoms with Crippen molar-refractivity contribution < 1.29 is 19.1 Å². The minimum absolute atomic E-state index is 0.212. The Bertz CT molecular complexity index is 1190. The maximum absolute atomic E-state index is 12.5. The van der Waals surface area contributed by atoms with Crippen molar-refractivity contribution in [2.24, 2.45) is 5.73 Å². The summed E-state index contributed by atoms with van der Waals surface area (Å²) < 4.78 is 12.3. The molecule has 1 fully saturated rings. The summed E-state index contributed by atoms with van der Waals surface area (Å²) in [6.45, 7) is 4.74. The minimum Gasteiger partial charge on any atom is -0.496 e. The molecule has 0 atom stereocenters. The number of aromatic nitrogens is 2. The standard InChI is InChI=1S/C25H30N6O4/c1-34-20-5-3-2-4-19(20)25(33)28-16-17-6-8-18(9-7-17)22-21(24(27)32)23(26)31(29-22)11-10-30-12-14-35-15-13-30/h2-9H,10-16,26H2,1H3,(H2,27,32)(H,28,33). The largest absolute Gasteiger partial charge is 0.496 e. The molecule has 10 nitrogen and oxygen atoms in total. The molecule has 2 amide bonds. The van der Waals surface area contributed by atoms with E-state index in [-0.39, 0.29) is 17.3 Å². The second-order valence-electron chi connectivity index (χ2n) is 8.23. The number of amides is 2. The van der Waals surface area contributed by atoms with Crippen molar-refractivity contribution in [3.05, 3.63) is 65.2 Å². The van der Waals surface area contributed by atoms with Crippen LogP contribution in [0.15, 0.2) is 48.5 Å². The van der Waals surface area contributed by atoms with Crippen LogP contribution in [-0.2, 0) is 17.8 Å². The summed E-state index contributed by atoms with van der Waals surface area (Å²) in [7, 11) is 1.53. The van der Waals surface area contributed by atoms with Crippen LogP contribution in [0.1, 0.15) is 26.3 Å². The Balaban J connectivity index is 1.46. The molecular formula is C25H30N6O4. The molecule has 5 N–H and O–H groups in total. The van der Waals surface area contributed by atoms with E-state index in [9.17, 15) is 9.59 Å². The molecule has 0 radical (unpaired) electrons. The molecule has 0 unspecified atom stereocenters. The number of nitrogens with two attached hydrogens (primary N) is 2. The summed E-state index contributed by atoms with van der Waals surface area (Å²) in [5.74, 6) is -0.0763. The van der Waals surface area contributed by atoms with Crippen LogP contribution in [0.25, 0.3) is 11.3 Å². The second kappa shape index (κ2) is 11.0. The van der Waals surface area contributed by atoms with E-state index < -0.39 is 5.91 Å². The molecule has 0 aliphatic carbocycles. The lowest BCUT2D eigenvalue weighted by Gasteiger charge is -2.26. The van der Waals surface area contributed by atoms with E-state index in [1.807, 2.05) is 30.3 Å². The van der Waals surface area contributed by atoms with Crippen molar-refractivity contribution >= 4 is 17.6 Å². The fourth-order valence-electron chi connectivity index (χ4n) is 4.04. The number of morpholine rings is 1. The van der Waals surface area contributed by atoms with Crippen molar-refractivity contribution in [3.63, 3.8) is 0 Å². The number of carbonyl (C=O) groups excluding carboxylic acids is 2. The highest BCUT2D eigenvalue weighted by Gasteiger charge is 2.22. The van der Waals surface area contributed by atoms with Gasteiger partial charge in [0.1, 0.15) is 22.8 Å². The lowest BCUT2D eigenvalue weighted by molar-refractivity contribution is 0.0360. The van der Waals surface area contributed by atoms with Crippen molar-refractivity contribution in [2.45, 2.75) is 13.1 Å². The normalized spacial score (nSPS) is 14.0. The van der Waals surface area contributed by atoms with Crippen molar-refractivity contribution in [3.8, 4) is 17.0 Å². The van der Waals surface area contributed by atoms with Crippen LogP contribution in [0.3, 0.4) is 0 Å². The Morgan fingerprint density at radius 2 is 1.80 bits per heavy atom. The highest BCUT2D eigenvalue weighted by molar-refractivity contribution is 6.03. The number of hydrogen-bond donors (Lipinski definition) is 3. The van der Waals surface area contributed by atoms with Crippen molar-refractivity contribution in [1.29, 1.82) is 0 Å². The number of nitrogen functional groups attached to an aromatic ring is 1. The third kappa shape index (κ3) is 5.61. The average Bonchev–Trinajstić information content (AvgIpc) is 3.23. The molecule has 2 aromatic carbocycles. The smallest absolute Gasteiger partial charge is 0.255 e. The molecule has 1 saturated heterocycles. The summed E-state index contributed by atoms with van der Waals surface area (Å²) in [6, 6.07) is 14.5. The molecule has 35 heavy (non-hydrogen) atoms. The van der Waals surface area contributed by atoms with Gasteiger partial charge >= 0.3 is 0 Å². The fraction of sp³-hybridized carbons (Fsp3) is 0.320. The molecule has 1 aliphatic heterocycles. The maximum Gasteiger partial charge on any atom is 0.255 e. The van der Waals surface area contributed by atoms with Gasteiger partial charge in [-0.3, -0.25) is 14.5 Å². The first-order valence-corrected chi connectivity index (χ1v) is 11.4. The van der Waals surface area contributed by atoms with Gasteiger partial charge in [0.15, 0.2) is 0 Å². The first-order valence-electron chi connectivity index (χ1n) is 11.4. The van der Waals surface area contributed by atoms with Crippen LogP contribution in [-0.4, -0.2) is 66.5 Å². The number of methoxy groups -OCH3 is 1. The first-order chi connectivity index (χ1) is 17.0. The van der Waals surface area contributed by atoms with Crippen molar-refractivity contribution in [1.82, 2.24) is 20.0 Å². The van der Waals surface area contributed by atoms with Gasteiger partial charge in [-0.15, -0.1) is 0 Å². The van der Waals surface area contributed by atoms with Gasteiger partial charge in [0.25, 0.3) is 11.8 Å². The summed E-state index contributed by atoms with van der Waals surface area (Å²) >= 11 is 0. The lowest BCUT2D eigenvalue weighted by atomic mass is 10.0. The second-order valence-corrected chi connectivity index (χ2v) is 8.23. The number of para-hydroxylation sites is 1. The average molecular weight is 479 g/mol. The third-order valence-corrected chi connectivity index (χ3v) is 6.00. The monoisotopic (exact) mass is 478 g/mol. The number of nitrogens with zero attached hydrogens (tertiary/aromatic N) is 3. The summed E-state index contributed by atoms with van der Waals surface area (Å²) in [5, 5.41) is 7.49. The summed E-state index contributed by atoms with van der Waals surface area (Å²) in [6.07, 6.45) is 0. The van der Waals surface area contributed by atoms with Gasteiger partial charge in [0, 0.05) is 31.7 Å². The van der Waals surface area contributed by atoms with E-state index in [1.165, 1.54) is 7.11 Å². The Morgan fingerprint density at radius 1 is 1.09 bits per heavy atom. The van der Waals surface area contributed by atoms with E-state index in [1.54, 1.807) is 22.9 Å². The van der Waals surface area contributed by atoms with E-state index in [2.05, 4.69) is 15.3 Å². The third-order valence-electron chi connectivity index (χ3n) is 6.00. The van der Waals surface area contributed by atoms with Gasteiger partial charge in [-0.25, -0.2) is 4.68 Å². The zero-order chi connectivity index (χ0) is 24.8. The predicted octanol–water partition coefficient (Wildman–Crippen LogP) is 1.50. The number of primary amides is 1. The van der Waals surface area contributed by atoms with E-state index >= 15 is 0 Å². The Hall–Kier alpha value is -3.89. The van der Waals surface area contributed by atoms with Gasteiger partial charge in [0.05, 0.1) is 32.4 Å². The van der Waals surface area contributed by atoms with Crippen LogP contribution < -0.4 is 21.5 Å². The Labute approximate surface area is 203 Å². The quantitative estimate of drug-likeness (QED) is 0.424. The highest BCUT2D eigenvalue weighted by Crippen LogP contribution is 2.27. The topological polar surface area (TPSA) is 138 Å². The molecule has 0 saturated carbocycles. The first kappa shape index (κ1) is 24.2. The number of nitrogens with one attached hydrogen (secondary N) is 1. The molecule has 3 aromatic rings. The van der Waals surface area contributed by atoms with Crippen LogP contribution in [0.4, 0.5) is 5.82 Å². The molecule has 4 rings (SSSR count). The molecule has 0 bridgehead atoms. The van der Waals surface area contributed by atoms with Crippen LogP contribution in [0.5, 0.6) is 5.75 Å². The summed E-state index contributed by atoms with van der Waals surface area (Å²) in [5.41, 5.74) is 14.6. The maximum atomic E-state index is 12.5. The molecule has 184 valence electrons. The predicted molar refractivity (Wildman–Crippen MR) is 132 cm³/mol. The molecular weight excluding hydrogens is 448 g/mol. The van der Waals surface area contributed by atoms with E-state index in [0.29, 0.717) is 43.3 Å². The van der Waals surface area contributed by atoms with Gasteiger partial charge < -0.3 is 26.3 Å². The number of carbonyl (C=O) groups is 2. The molecule has 1 aliphatic rings. The number of hydrogen-bond acceptors (Lipinski definition) is 7. The van der Waals surface area contributed by atoms with E-state index in [4.69, 9.17) is 20.9 Å². The van der Waals surface area contributed by atoms with Gasteiger partial charge in [0.2, 0.25) is 0 Å². The van der Waals surface area contributed by atoms with Gasteiger partial charge in [-0.2, -0.15) is 5.10 Å². The highest BCUT2D eigenvalue weighted by atomic mass is 16.5. The van der Waals surface area contributed by atoms with Crippen LogP contribution in [0, 0.1) is 0 Å².